The Morgan fingerprint density at radius 2 is 1.94 bits per heavy atom. The average molecular weight is 481 g/mol. The maximum Gasteiger partial charge on any atom is 0.303 e. The fourth-order valence-electron chi connectivity index (χ4n) is 6.30. The number of azo groups is 1. The first-order chi connectivity index (χ1) is 16.9. The zero-order valence-electron chi connectivity index (χ0n) is 19.0. The molecule has 0 radical (unpaired) electrons. The molecule has 1 aliphatic carbocycles. The van der Waals surface area contributed by atoms with Crippen LogP contribution < -0.4 is 9.47 Å². The summed E-state index contributed by atoms with van der Waals surface area (Å²) in [5, 5.41) is 31.6. The van der Waals surface area contributed by atoms with Gasteiger partial charge in [-0.05, 0) is 48.6 Å². The van der Waals surface area contributed by atoms with Gasteiger partial charge in [0.05, 0.1) is 28.1 Å². The largest absolute Gasteiger partial charge is 0.454 e. The molecule has 0 amide bonds. The van der Waals surface area contributed by atoms with Gasteiger partial charge in [0.25, 0.3) is 5.69 Å². The molecule has 182 valence electrons. The summed E-state index contributed by atoms with van der Waals surface area (Å²) < 4.78 is 17.0. The van der Waals surface area contributed by atoms with Gasteiger partial charge < -0.3 is 14.2 Å². The number of methoxy groups -OCH3 is 1. The fraction of sp³-hybridized carbons (Fsp3) is 0.478. The Morgan fingerprint density at radius 3 is 2.69 bits per heavy atom. The Balaban J connectivity index is 1.42. The highest BCUT2D eigenvalue weighted by molar-refractivity contribution is 5.61. The summed E-state index contributed by atoms with van der Waals surface area (Å²) in [5.74, 6) is 1.46. The van der Waals surface area contributed by atoms with Crippen LogP contribution in [0.3, 0.4) is 0 Å². The van der Waals surface area contributed by atoms with Crippen LogP contribution in [0.2, 0.25) is 0 Å². The molecule has 3 heterocycles. The SMILES string of the molecule is COC1CCC23c4cc5c(cc4CN(CC2N=Nc2ccc([N+](=O)[O-])cc2[N+](=O)[O-])C3C1)OCO5. The molecule has 0 spiro atoms. The second kappa shape index (κ2) is 7.95. The quantitative estimate of drug-likeness (QED) is 0.354. The van der Waals surface area contributed by atoms with Crippen LogP contribution in [0.5, 0.6) is 11.5 Å². The molecule has 12 heteroatoms. The number of nitro groups is 2. The van der Waals surface area contributed by atoms with Gasteiger partial charge in [0.1, 0.15) is 0 Å². The van der Waals surface area contributed by atoms with E-state index in [1.807, 2.05) is 6.07 Å². The molecular weight excluding hydrogens is 458 g/mol. The maximum absolute atomic E-state index is 11.6. The number of ether oxygens (including phenoxy) is 3. The summed E-state index contributed by atoms with van der Waals surface area (Å²) in [5.41, 5.74) is 1.19. The molecule has 2 aromatic carbocycles. The minimum Gasteiger partial charge on any atom is -0.454 e. The molecule has 1 saturated heterocycles. The van der Waals surface area contributed by atoms with Gasteiger partial charge in [-0.1, -0.05) is 0 Å². The van der Waals surface area contributed by atoms with Crippen molar-refractivity contribution < 1.29 is 24.1 Å². The van der Waals surface area contributed by atoms with E-state index in [-0.39, 0.29) is 41.8 Å². The summed E-state index contributed by atoms with van der Waals surface area (Å²) in [6, 6.07) is 7.46. The lowest BCUT2D eigenvalue weighted by Gasteiger charge is -2.49. The van der Waals surface area contributed by atoms with Crippen molar-refractivity contribution in [2.45, 2.75) is 49.4 Å². The molecule has 2 aromatic rings. The molecule has 2 fully saturated rings. The molecule has 1 saturated carbocycles. The molecular formula is C23H23N5O7. The van der Waals surface area contributed by atoms with Crippen molar-refractivity contribution in [2.24, 2.45) is 10.2 Å². The first kappa shape index (κ1) is 21.9. The molecule has 6 rings (SSSR count). The zero-order chi connectivity index (χ0) is 24.3. The monoisotopic (exact) mass is 481 g/mol. The summed E-state index contributed by atoms with van der Waals surface area (Å²) in [4.78, 5) is 23.7. The van der Waals surface area contributed by atoms with E-state index in [1.54, 1.807) is 7.11 Å². The summed E-state index contributed by atoms with van der Waals surface area (Å²) >= 11 is 0. The van der Waals surface area contributed by atoms with E-state index in [0.29, 0.717) is 12.3 Å². The third kappa shape index (κ3) is 3.27. The van der Waals surface area contributed by atoms with Crippen LogP contribution in [0.25, 0.3) is 0 Å². The second-order valence-corrected chi connectivity index (χ2v) is 9.40. The van der Waals surface area contributed by atoms with Gasteiger partial charge in [-0.25, -0.2) is 0 Å². The van der Waals surface area contributed by atoms with E-state index in [2.05, 4.69) is 21.2 Å². The normalized spacial score (nSPS) is 30.2. The van der Waals surface area contributed by atoms with E-state index in [9.17, 15) is 20.2 Å². The molecule has 12 nitrogen and oxygen atoms in total. The molecule has 4 aliphatic rings. The van der Waals surface area contributed by atoms with E-state index in [0.717, 1.165) is 43.2 Å². The Hall–Kier alpha value is -3.64. The van der Waals surface area contributed by atoms with E-state index in [4.69, 9.17) is 14.2 Å². The minimum absolute atomic E-state index is 0.00137. The average Bonchev–Trinajstić information content (AvgIpc) is 3.40. The lowest BCUT2D eigenvalue weighted by Crippen LogP contribution is -2.54. The van der Waals surface area contributed by atoms with Gasteiger partial charge in [0, 0.05) is 37.7 Å². The van der Waals surface area contributed by atoms with Gasteiger partial charge in [-0.3, -0.25) is 25.1 Å². The number of non-ortho nitro benzene ring substituents is 1. The number of fused-ring (bicyclic) bond motifs is 2. The number of nitro benzene ring substituents is 2. The van der Waals surface area contributed by atoms with Gasteiger partial charge in [0.2, 0.25) is 6.79 Å². The Kier molecular flexibility index (Phi) is 4.97. The highest BCUT2D eigenvalue weighted by atomic mass is 16.7. The first-order valence-electron chi connectivity index (χ1n) is 11.4. The molecule has 0 aromatic heterocycles. The summed E-state index contributed by atoms with van der Waals surface area (Å²) in [7, 11) is 1.74. The van der Waals surface area contributed by atoms with Crippen LogP contribution in [0.15, 0.2) is 40.6 Å². The zero-order valence-corrected chi connectivity index (χ0v) is 19.0. The highest BCUT2D eigenvalue weighted by Gasteiger charge is 2.61. The molecule has 5 atom stereocenters. The minimum atomic E-state index is -0.668. The molecule has 3 aliphatic heterocycles. The third-order valence-corrected chi connectivity index (χ3v) is 7.88. The van der Waals surface area contributed by atoms with Gasteiger partial charge >= 0.3 is 5.69 Å². The van der Waals surface area contributed by atoms with E-state index < -0.39 is 15.5 Å². The number of benzene rings is 2. The lowest BCUT2D eigenvalue weighted by atomic mass is 9.61. The topological polar surface area (TPSA) is 142 Å². The van der Waals surface area contributed by atoms with Crippen molar-refractivity contribution in [3.05, 3.63) is 61.7 Å². The van der Waals surface area contributed by atoms with Gasteiger partial charge in [-0.15, -0.1) is 5.11 Å². The summed E-state index contributed by atoms with van der Waals surface area (Å²) in [6.45, 7) is 1.57. The predicted molar refractivity (Wildman–Crippen MR) is 121 cm³/mol. The van der Waals surface area contributed by atoms with Crippen LogP contribution in [-0.2, 0) is 16.7 Å². The highest BCUT2D eigenvalue weighted by Crippen LogP contribution is 2.57. The fourth-order valence-corrected chi connectivity index (χ4v) is 6.30. The number of rotatable bonds is 5. The van der Waals surface area contributed by atoms with Crippen molar-refractivity contribution >= 4 is 17.1 Å². The molecule has 5 unspecified atom stereocenters. The van der Waals surface area contributed by atoms with Crippen LogP contribution >= 0.6 is 0 Å². The predicted octanol–water partition coefficient (Wildman–Crippen LogP) is 4.02. The Bertz CT molecular complexity index is 1270. The second-order valence-electron chi connectivity index (χ2n) is 9.40. The standard InChI is InChI=1S/C23H23N5O7/c1-33-15-4-5-23-16-9-20-19(34-12-35-20)6-13(16)10-26(22(23)8-15)11-21(23)25-24-17-3-2-14(27(29)30)7-18(17)28(31)32/h2-3,6-7,9,15,21-22H,4-5,8,10-12H2,1H3. The van der Waals surface area contributed by atoms with Crippen LogP contribution in [0, 0.1) is 20.2 Å². The maximum atomic E-state index is 11.6. The number of hydrogen-bond acceptors (Lipinski definition) is 10. The van der Waals surface area contributed by atoms with Crippen LogP contribution in [-0.4, -0.2) is 53.4 Å². The number of hydrogen-bond donors (Lipinski definition) is 0. The van der Waals surface area contributed by atoms with Crippen LogP contribution in [0.4, 0.5) is 17.1 Å². The van der Waals surface area contributed by atoms with E-state index in [1.165, 1.54) is 17.7 Å². The number of nitrogens with zero attached hydrogens (tertiary/aromatic N) is 5. The first-order valence-corrected chi connectivity index (χ1v) is 11.4. The van der Waals surface area contributed by atoms with E-state index >= 15 is 0 Å². The van der Waals surface area contributed by atoms with Gasteiger partial charge in [0.15, 0.2) is 17.2 Å². The van der Waals surface area contributed by atoms with Crippen LogP contribution in [0.1, 0.15) is 30.4 Å². The lowest BCUT2D eigenvalue weighted by molar-refractivity contribution is -0.393. The Morgan fingerprint density at radius 1 is 1.14 bits per heavy atom. The van der Waals surface area contributed by atoms with Gasteiger partial charge in [-0.2, -0.15) is 5.11 Å². The Labute approximate surface area is 199 Å². The van der Waals surface area contributed by atoms with Crippen molar-refractivity contribution in [1.82, 2.24) is 4.90 Å². The third-order valence-electron chi connectivity index (χ3n) is 7.88. The van der Waals surface area contributed by atoms with Crippen molar-refractivity contribution in [2.75, 3.05) is 20.4 Å². The molecule has 0 N–H and O–H groups in total. The molecule has 2 bridgehead atoms. The van der Waals surface area contributed by atoms with Crippen molar-refractivity contribution in [3.8, 4) is 11.5 Å². The van der Waals surface area contributed by atoms with Crippen molar-refractivity contribution in [1.29, 1.82) is 0 Å². The smallest absolute Gasteiger partial charge is 0.303 e. The molecule has 35 heavy (non-hydrogen) atoms. The van der Waals surface area contributed by atoms with Crippen molar-refractivity contribution in [3.63, 3.8) is 0 Å². The summed E-state index contributed by atoms with van der Waals surface area (Å²) in [6.07, 6.45) is 2.69.